The fraction of sp³-hybridized carbons (Fsp3) is 0.286. The van der Waals surface area contributed by atoms with E-state index in [0.29, 0.717) is 11.5 Å². The van der Waals surface area contributed by atoms with Gasteiger partial charge in [-0.15, -0.1) is 0 Å². The van der Waals surface area contributed by atoms with Crippen LogP contribution >= 0.6 is 0 Å². The Kier molecular flexibility index (Phi) is 2.43. The van der Waals surface area contributed by atoms with Crippen LogP contribution in [0.15, 0.2) is 11.4 Å². The molecule has 0 unspecified atom stereocenters. The number of hydrogen-bond donors (Lipinski definition) is 0. The van der Waals surface area contributed by atoms with Crippen LogP contribution in [0.3, 0.4) is 0 Å². The van der Waals surface area contributed by atoms with Gasteiger partial charge in [-0.2, -0.15) is 5.26 Å². The van der Waals surface area contributed by atoms with E-state index in [1.165, 1.54) is 13.3 Å². The molecule has 5 nitrogen and oxygen atoms in total. The Bertz CT molecular complexity index is 334. The van der Waals surface area contributed by atoms with E-state index < -0.39 is 0 Å². The molecule has 0 saturated carbocycles. The van der Waals surface area contributed by atoms with Crippen molar-refractivity contribution in [1.82, 2.24) is 9.55 Å². The van der Waals surface area contributed by atoms with Gasteiger partial charge in [-0.3, -0.25) is 0 Å². The molecule has 5 heteroatoms. The maximum Gasteiger partial charge on any atom is 0.159 e. The standard InChI is InChI=1S/C7H8N4O/c1-11-5-6(3-8)10-7(11)4-9-12-2/h4-5H,1-2H3/b9-4+. The molecule has 0 aliphatic heterocycles. The first-order valence-electron chi connectivity index (χ1n) is 3.28. The summed E-state index contributed by atoms with van der Waals surface area (Å²) in [6.07, 6.45) is 3.07. The zero-order valence-corrected chi connectivity index (χ0v) is 6.85. The minimum Gasteiger partial charge on any atom is -0.399 e. The molecular formula is C7H8N4O. The van der Waals surface area contributed by atoms with Gasteiger partial charge < -0.3 is 9.40 Å². The lowest BCUT2D eigenvalue weighted by Crippen LogP contribution is -1.94. The first-order chi connectivity index (χ1) is 5.77. The van der Waals surface area contributed by atoms with Gasteiger partial charge in [0.2, 0.25) is 0 Å². The predicted octanol–water partition coefficient (Wildman–Crippen LogP) is 0.272. The molecule has 1 heterocycles. The van der Waals surface area contributed by atoms with Crippen LogP contribution in [0.2, 0.25) is 0 Å². The average molecular weight is 164 g/mol. The van der Waals surface area contributed by atoms with Crippen LogP contribution in [-0.2, 0) is 11.9 Å². The average Bonchev–Trinajstić information content (AvgIpc) is 2.43. The Hall–Kier alpha value is -1.83. The quantitative estimate of drug-likeness (QED) is 0.465. The van der Waals surface area contributed by atoms with Gasteiger partial charge in [0.15, 0.2) is 11.5 Å². The van der Waals surface area contributed by atoms with Crippen molar-refractivity contribution in [3.05, 3.63) is 17.7 Å². The molecule has 1 aromatic heterocycles. The Morgan fingerprint density at radius 2 is 2.58 bits per heavy atom. The van der Waals surface area contributed by atoms with Gasteiger partial charge in [-0.25, -0.2) is 4.98 Å². The number of hydrogen-bond acceptors (Lipinski definition) is 4. The molecule has 0 amide bonds. The van der Waals surface area contributed by atoms with E-state index in [1.807, 2.05) is 6.07 Å². The third-order valence-electron chi connectivity index (χ3n) is 1.30. The fourth-order valence-corrected chi connectivity index (χ4v) is 0.754. The van der Waals surface area contributed by atoms with Crippen LogP contribution in [0.5, 0.6) is 0 Å². The SMILES string of the molecule is CO/N=C/c1nc(C#N)cn1C. The number of imidazole rings is 1. The Morgan fingerprint density at radius 1 is 1.83 bits per heavy atom. The largest absolute Gasteiger partial charge is 0.399 e. The van der Waals surface area contributed by atoms with Crippen LogP contribution < -0.4 is 0 Å². The van der Waals surface area contributed by atoms with Gasteiger partial charge >= 0.3 is 0 Å². The fourth-order valence-electron chi connectivity index (χ4n) is 0.754. The summed E-state index contributed by atoms with van der Waals surface area (Å²) in [4.78, 5) is 8.42. The van der Waals surface area contributed by atoms with Crippen molar-refractivity contribution >= 4 is 6.21 Å². The predicted molar refractivity (Wildman–Crippen MR) is 42.5 cm³/mol. The highest BCUT2D eigenvalue weighted by Gasteiger charge is 2.00. The van der Waals surface area contributed by atoms with E-state index in [9.17, 15) is 0 Å². The van der Waals surface area contributed by atoms with Gasteiger partial charge in [0.1, 0.15) is 19.4 Å². The van der Waals surface area contributed by atoms with E-state index >= 15 is 0 Å². The Balaban J connectivity index is 2.94. The number of rotatable bonds is 2. The third kappa shape index (κ3) is 1.61. The van der Waals surface area contributed by atoms with E-state index in [0.717, 1.165) is 0 Å². The molecule has 1 rings (SSSR count). The summed E-state index contributed by atoms with van der Waals surface area (Å²) >= 11 is 0. The molecule has 0 fully saturated rings. The highest BCUT2D eigenvalue weighted by Crippen LogP contribution is 1.96. The Morgan fingerprint density at radius 3 is 3.08 bits per heavy atom. The van der Waals surface area contributed by atoms with Crippen molar-refractivity contribution < 1.29 is 4.84 Å². The zero-order chi connectivity index (χ0) is 8.97. The van der Waals surface area contributed by atoms with Gasteiger partial charge in [0, 0.05) is 13.2 Å². The molecule has 62 valence electrons. The normalized spacial score (nSPS) is 10.1. The minimum atomic E-state index is 0.370. The first kappa shape index (κ1) is 8.27. The number of aromatic nitrogens is 2. The van der Waals surface area contributed by atoms with Gasteiger partial charge in [-0.1, -0.05) is 5.16 Å². The van der Waals surface area contributed by atoms with Crippen molar-refractivity contribution in [2.45, 2.75) is 0 Å². The molecule has 0 bridgehead atoms. The van der Waals surface area contributed by atoms with E-state index in [2.05, 4.69) is 15.0 Å². The summed E-state index contributed by atoms with van der Waals surface area (Å²) in [7, 11) is 3.23. The van der Waals surface area contributed by atoms with Crippen LogP contribution in [0, 0.1) is 11.3 Å². The van der Waals surface area contributed by atoms with Crippen molar-refractivity contribution in [3.8, 4) is 6.07 Å². The number of nitriles is 1. The molecule has 0 N–H and O–H groups in total. The highest BCUT2D eigenvalue weighted by molar-refractivity contribution is 5.74. The number of oxime groups is 1. The molecule has 12 heavy (non-hydrogen) atoms. The summed E-state index contributed by atoms with van der Waals surface area (Å²) < 4.78 is 1.70. The second-order valence-corrected chi connectivity index (χ2v) is 2.12. The molecule has 0 aliphatic rings. The molecule has 0 aromatic carbocycles. The Labute approximate surface area is 69.9 Å². The molecular weight excluding hydrogens is 156 g/mol. The zero-order valence-electron chi connectivity index (χ0n) is 6.85. The van der Waals surface area contributed by atoms with E-state index in [4.69, 9.17) is 5.26 Å². The molecule has 0 radical (unpaired) electrons. The molecule has 1 aromatic rings. The van der Waals surface area contributed by atoms with Gasteiger partial charge in [-0.05, 0) is 0 Å². The smallest absolute Gasteiger partial charge is 0.159 e. The molecule has 0 saturated heterocycles. The van der Waals surface area contributed by atoms with E-state index in [1.54, 1.807) is 17.8 Å². The monoisotopic (exact) mass is 164 g/mol. The summed E-state index contributed by atoms with van der Waals surface area (Å²) in [5.74, 6) is 0.591. The first-order valence-corrected chi connectivity index (χ1v) is 3.28. The van der Waals surface area contributed by atoms with Crippen molar-refractivity contribution in [2.24, 2.45) is 12.2 Å². The summed E-state index contributed by atoms with van der Waals surface area (Å²) in [6, 6.07) is 1.93. The molecule has 0 aliphatic carbocycles. The van der Waals surface area contributed by atoms with Crippen molar-refractivity contribution in [1.29, 1.82) is 5.26 Å². The van der Waals surface area contributed by atoms with Crippen molar-refractivity contribution in [2.75, 3.05) is 7.11 Å². The maximum atomic E-state index is 8.50. The van der Waals surface area contributed by atoms with Crippen LogP contribution in [0.4, 0.5) is 0 Å². The third-order valence-corrected chi connectivity index (χ3v) is 1.30. The lowest BCUT2D eigenvalue weighted by molar-refractivity contribution is 0.215. The lowest BCUT2D eigenvalue weighted by Gasteiger charge is -1.90. The summed E-state index contributed by atoms with van der Waals surface area (Å²) in [6.45, 7) is 0. The number of aryl methyl sites for hydroxylation is 1. The number of nitrogens with zero attached hydrogens (tertiary/aromatic N) is 4. The summed E-state index contributed by atoms with van der Waals surface area (Å²) in [5, 5.41) is 12.0. The topological polar surface area (TPSA) is 63.2 Å². The second kappa shape index (κ2) is 3.53. The second-order valence-electron chi connectivity index (χ2n) is 2.12. The van der Waals surface area contributed by atoms with Crippen LogP contribution in [0.1, 0.15) is 11.5 Å². The molecule has 0 spiro atoms. The van der Waals surface area contributed by atoms with Gasteiger partial charge in [0.05, 0.1) is 0 Å². The van der Waals surface area contributed by atoms with Gasteiger partial charge in [0.25, 0.3) is 0 Å². The van der Waals surface area contributed by atoms with E-state index in [-0.39, 0.29) is 0 Å². The van der Waals surface area contributed by atoms with Crippen LogP contribution in [0.25, 0.3) is 0 Å². The minimum absolute atomic E-state index is 0.370. The maximum absolute atomic E-state index is 8.50. The molecule has 0 atom stereocenters. The highest BCUT2D eigenvalue weighted by atomic mass is 16.6. The van der Waals surface area contributed by atoms with Crippen molar-refractivity contribution in [3.63, 3.8) is 0 Å². The lowest BCUT2D eigenvalue weighted by atomic mass is 10.5. The summed E-state index contributed by atoms with van der Waals surface area (Å²) in [5.41, 5.74) is 0.370. The van der Waals surface area contributed by atoms with Crippen LogP contribution in [-0.4, -0.2) is 22.9 Å².